The highest BCUT2D eigenvalue weighted by Gasteiger charge is 2.20. The molecule has 0 amide bonds. The molecule has 2 heteroatoms. The number of hydrogen-bond donors (Lipinski definition) is 1. The van der Waals surface area contributed by atoms with Crippen LogP contribution in [0.3, 0.4) is 0 Å². The number of hydrogen-bond acceptors (Lipinski definition) is 2. The molecule has 1 aliphatic rings. The average molecular weight is 206 g/mol. The van der Waals surface area contributed by atoms with Crippen LogP contribution in [-0.4, -0.2) is 17.8 Å². The van der Waals surface area contributed by atoms with E-state index < -0.39 is 0 Å². The van der Waals surface area contributed by atoms with E-state index >= 15 is 0 Å². The molecule has 0 aromatic heterocycles. The molecule has 2 rings (SSSR count). The summed E-state index contributed by atoms with van der Waals surface area (Å²) in [5.41, 5.74) is 2.19. The number of aliphatic hydroxyl groups excluding tert-OH is 1. The average Bonchev–Trinajstić information content (AvgIpc) is 2.71. The summed E-state index contributed by atoms with van der Waals surface area (Å²) < 4.78 is 5.52. The molecule has 15 heavy (non-hydrogen) atoms. The molecule has 1 saturated heterocycles. The Morgan fingerprint density at radius 2 is 2.27 bits per heavy atom. The third-order valence-electron chi connectivity index (χ3n) is 3.06. The van der Waals surface area contributed by atoms with Crippen LogP contribution < -0.4 is 0 Å². The lowest BCUT2D eigenvalue weighted by atomic mass is 9.98. The summed E-state index contributed by atoms with van der Waals surface area (Å²) in [6.07, 6.45) is 2.81. The van der Waals surface area contributed by atoms with Crippen molar-refractivity contribution in [3.63, 3.8) is 0 Å². The Morgan fingerprint density at radius 3 is 2.93 bits per heavy atom. The number of aliphatic hydroxyl groups is 1. The van der Waals surface area contributed by atoms with E-state index in [-0.39, 0.29) is 12.2 Å². The minimum absolute atomic E-state index is 0.250. The minimum Gasteiger partial charge on any atom is -0.388 e. The van der Waals surface area contributed by atoms with Crippen molar-refractivity contribution in [2.24, 2.45) is 0 Å². The Hall–Kier alpha value is -0.860. The fourth-order valence-electron chi connectivity index (χ4n) is 2.17. The van der Waals surface area contributed by atoms with E-state index in [0.29, 0.717) is 0 Å². The third kappa shape index (κ3) is 2.58. The minimum atomic E-state index is -0.380. The zero-order valence-electron chi connectivity index (χ0n) is 9.15. The summed E-state index contributed by atoms with van der Waals surface area (Å²) in [6.45, 7) is 2.89. The standard InChI is InChI=1S/C13H18O2/c1-10-5-2-3-7-12(10)13(14)9-11-6-4-8-15-11/h2-3,5,7,11,13-14H,4,6,8-9H2,1H3. The van der Waals surface area contributed by atoms with Crippen molar-refractivity contribution in [3.05, 3.63) is 35.4 Å². The van der Waals surface area contributed by atoms with Crippen LogP contribution in [0.1, 0.15) is 36.5 Å². The lowest BCUT2D eigenvalue weighted by Crippen LogP contribution is -2.11. The molecular formula is C13H18O2. The van der Waals surface area contributed by atoms with E-state index in [4.69, 9.17) is 4.74 Å². The molecule has 1 aliphatic heterocycles. The Morgan fingerprint density at radius 1 is 1.47 bits per heavy atom. The second-order valence-electron chi connectivity index (χ2n) is 4.24. The fourth-order valence-corrected chi connectivity index (χ4v) is 2.17. The second kappa shape index (κ2) is 4.77. The van der Waals surface area contributed by atoms with Crippen LogP contribution in [0.4, 0.5) is 0 Å². The first-order valence-corrected chi connectivity index (χ1v) is 5.62. The first kappa shape index (κ1) is 10.7. The van der Waals surface area contributed by atoms with Gasteiger partial charge < -0.3 is 9.84 Å². The molecule has 0 bridgehead atoms. The summed E-state index contributed by atoms with van der Waals surface area (Å²) in [7, 11) is 0. The van der Waals surface area contributed by atoms with Gasteiger partial charge in [0.25, 0.3) is 0 Å². The van der Waals surface area contributed by atoms with Crippen LogP contribution in [0.2, 0.25) is 0 Å². The van der Waals surface area contributed by atoms with Crippen LogP contribution >= 0.6 is 0 Å². The van der Waals surface area contributed by atoms with Gasteiger partial charge in [-0.2, -0.15) is 0 Å². The van der Waals surface area contributed by atoms with E-state index in [2.05, 4.69) is 0 Å². The molecule has 1 fully saturated rings. The second-order valence-corrected chi connectivity index (χ2v) is 4.24. The maximum Gasteiger partial charge on any atom is 0.0817 e. The van der Waals surface area contributed by atoms with Crippen molar-refractivity contribution in [1.29, 1.82) is 0 Å². The van der Waals surface area contributed by atoms with Crippen LogP contribution in [-0.2, 0) is 4.74 Å². The van der Waals surface area contributed by atoms with Crippen LogP contribution in [0.25, 0.3) is 0 Å². The summed E-state index contributed by atoms with van der Waals surface area (Å²) >= 11 is 0. The molecule has 1 heterocycles. The fraction of sp³-hybridized carbons (Fsp3) is 0.538. The molecule has 1 aromatic rings. The van der Waals surface area contributed by atoms with Gasteiger partial charge in [0, 0.05) is 13.0 Å². The zero-order valence-corrected chi connectivity index (χ0v) is 9.15. The Labute approximate surface area is 90.9 Å². The molecule has 0 spiro atoms. The summed E-state index contributed by atoms with van der Waals surface area (Å²) in [5.74, 6) is 0. The highest BCUT2D eigenvalue weighted by Crippen LogP contribution is 2.26. The number of rotatable bonds is 3. The van der Waals surface area contributed by atoms with E-state index in [1.54, 1.807) is 0 Å². The zero-order chi connectivity index (χ0) is 10.7. The van der Waals surface area contributed by atoms with Crippen molar-refractivity contribution in [2.45, 2.75) is 38.4 Å². The van der Waals surface area contributed by atoms with Gasteiger partial charge in [-0.05, 0) is 30.9 Å². The molecule has 2 nitrogen and oxygen atoms in total. The predicted octanol–water partition coefficient (Wildman–Crippen LogP) is 2.60. The maximum atomic E-state index is 10.1. The summed E-state index contributed by atoms with van der Waals surface area (Å²) in [4.78, 5) is 0. The number of ether oxygens (including phenoxy) is 1. The van der Waals surface area contributed by atoms with Gasteiger partial charge in [0.15, 0.2) is 0 Å². The molecular weight excluding hydrogens is 188 g/mol. The largest absolute Gasteiger partial charge is 0.388 e. The molecule has 0 radical (unpaired) electrons. The molecule has 1 N–H and O–H groups in total. The molecule has 2 unspecified atom stereocenters. The van der Waals surface area contributed by atoms with Gasteiger partial charge in [-0.25, -0.2) is 0 Å². The van der Waals surface area contributed by atoms with Gasteiger partial charge in [-0.3, -0.25) is 0 Å². The Bertz CT molecular complexity index is 316. The SMILES string of the molecule is Cc1ccccc1C(O)CC1CCCO1. The molecule has 1 aromatic carbocycles. The topological polar surface area (TPSA) is 29.5 Å². The first-order valence-electron chi connectivity index (χ1n) is 5.62. The number of benzene rings is 1. The Kier molecular flexibility index (Phi) is 3.39. The summed E-state index contributed by atoms with van der Waals surface area (Å²) in [5, 5.41) is 10.1. The van der Waals surface area contributed by atoms with Gasteiger partial charge in [-0.1, -0.05) is 24.3 Å². The van der Waals surface area contributed by atoms with Crippen molar-refractivity contribution in [1.82, 2.24) is 0 Å². The van der Waals surface area contributed by atoms with Crippen LogP contribution in [0.15, 0.2) is 24.3 Å². The maximum absolute atomic E-state index is 10.1. The Balaban J connectivity index is 2.00. The molecule has 0 saturated carbocycles. The monoisotopic (exact) mass is 206 g/mol. The third-order valence-corrected chi connectivity index (χ3v) is 3.06. The number of aryl methyl sites for hydroxylation is 1. The van der Waals surface area contributed by atoms with E-state index in [1.165, 1.54) is 0 Å². The smallest absolute Gasteiger partial charge is 0.0817 e. The quantitative estimate of drug-likeness (QED) is 0.823. The van der Waals surface area contributed by atoms with Crippen LogP contribution in [0.5, 0.6) is 0 Å². The van der Waals surface area contributed by atoms with Gasteiger partial charge in [0.1, 0.15) is 0 Å². The lowest BCUT2D eigenvalue weighted by Gasteiger charge is -2.17. The van der Waals surface area contributed by atoms with Gasteiger partial charge >= 0.3 is 0 Å². The van der Waals surface area contributed by atoms with Gasteiger partial charge in [-0.15, -0.1) is 0 Å². The van der Waals surface area contributed by atoms with Gasteiger partial charge in [0.2, 0.25) is 0 Å². The van der Waals surface area contributed by atoms with Crippen molar-refractivity contribution >= 4 is 0 Å². The summed E-state index contributed by atoms with van der Waals surface area (Å²) in [6, 6.07) is 8.00. The van der Waals surface area contributed by atoms with Crippen molar-refractivity contribution in [2.75, 3.05) is 6.61 Å². The van der Waals surface area contributed by atoms with Crippen molar-refractivity contribution in [3.8, 4) is 0 Å². The highest BCUT2D eigenvalue weighted by molar-refractivity contribution is 5.27. The first-order chi connectivity index (χ1) is 7.27. The van der Waals surface area contributed by atoms with E-state index in [0.717, 1.165) is 37.0 Å². The van der Waals surface area contributed by atoms with E-state index in [1.807, 2.05) is 31.2 Å². The molecule has 2 atom stereocenters. The highest BCUT2D eigenvalue weighted by atomic mass is 16.5. The van der Waals surface area contributed by atoms with Gasteiger partial charge in [0.05, 0.1) is 12.2 Å². The van der Waals surface area contributed by atoms with E-state index in [9.17, 15) is 5.11 Å². The molecule has 0 aliphatic carbocycles. The van der Waals surface area contributed by atoms with Crippen molar-refractivity contribution < 1.29 is 9.84 Å². The normalized spacial score (nSPS) is 22.9. The predicted molar refractivity (Wildman–Crippen MR) is 59.7 cm³/mol. The van der Waals surface area contributed by atoms with Crippen LogP contribution in [0, 0.1) is 6.92 Å². The lowest BCUT2D eigenvalue weighted by molar-refractivity contribution is 0.0533. The molecule has 82 valence electrons.